The van der Waals surface area contributed by atoms with Crippen LogP contribution in [-0.2, 0) is 11.3 Å². The molecule has 2 rings (SSSR count). The van der Waals surface area contributed by atoms with Crippen LogP contribution >= 0.6 is 11.3 Å². The highest BCUT2D eigenvalue weighted by atomic mass is 32.1. The molecule has 0 spiro atoms. The third kappa shape index (κ3) is 4.25. The molecule has 2 heterocycles. The van der Waals surface area contributed by atoms with Gasteiger partial charge in [0.1, 0.15) is 0 Å². The van der Waals surface area contributed by atoms with Crippen molar-refractivity contribution in [2.45, 2.75) is 45.7 Å². The minimum absolute atomic E-state index is 0.0597. The first kappa shape index (κ1) is 16.4. The summed E-state index contributed by atoms with van der Waals surface area (Å²) >= 11 is 1.57. The van der Waals surface area contributed by atoms with E-state index in [-0.39, 0.29) is 5.91 Å². The summed E-state index contributed by atoms with van der Waals surface area (Å²) in [5.74, 6) is 0.0597. The van der Waals surface area contributed by atoms with Crippen LogP contribution in [0.5, 0.6) is 0 Å². The highest BCUT2D eigenvalue weighted by Crippen LogP contribution is 2.24. The lowest BCUT2D eigenvalue weighted by molar-refractivity contribution is -0.116. The minimum atomic E-state index is 0.0597. The number of carbonyl (C=O) groups is 1. The summed E-state index contributed by atoms with van der Waals surface area (Å²) in [6.45, 7) is 7.32. The Hall–Kier alpha value is -0.980. The number of anilines is 1. The van der Waals surface area contributed by atoms with E-state index in [1.54, 1.807) is 23.2 Å². The molecule has 1 saturated heterocycles. The summed E-state index contributed by atoms with van der Waals surface area (Å²) in [5, 5.41) is 6.20. The quantitative estimate of drug-likeness (QED) is 0.874. The van der Waals surface area contributed by atoms with Gasteiger partial charge < -0.3 is 5.32 Å². The molecule has 1 aliphatic heterocycles. The second-order valence-corrected chi connectivity index (χ2v) is 6.40. The molecule has 0 radical (unpaired) electrons. The average Bonchev–Trinajstić information content (AvgIpc) is 2.90. The Kier molecular flexibility index (Phi) is 6.14. The van der Waals surface area contributed by atoms with E-state index in [9.17, 15) is 4.79 Å². The molecule has 5 nitrogen and oxygen atoms in total. The predicted molar refractivity (Wildman–Crippen MR) is 87.8 cm³/mol. The molecule has 21 heavy (non-hydrogen) atoms. The molecule has 1 amide bonds. The van der Waals surface area contributed by atoms with Crippen molar-refractivity contribution in [2.75, 3.05) is 31.6 Å². The Bertz CT molecular complexity index is 460. The van der Waals surface area contributed by atoms with Crippen LogP contribution in [0.4, 0.5) is 5.13 Å². The number of thiazole rings is 1. The first-order chi connectivity index (χ1) is 10.2. The zero-order valence-electron chi connectivity index (χ0n) is 13.3. The van der Waals surface area contributed by atoms with Crippen LogP contribution in [0.25, 0.3) is 0 Å². The number of hydrogen-bond donors (Lipinski definition) is 1. The molecule has 1 aromatic rings. The number of nitrogens with one attached hydrogen (secondary N) is 1. The lowest BCUT2D eigenvalue weighted by Gasteiger charge is -2.35. The Morgan fingerprint density at radius 3 is 3.05 bits per heavy atom. The lowest BCUT2D eigenvalue weighted by Crippen LogP contribution is -2.44. The molecule has 1 unspecified atom stereocenters. The van der Waals surface area contributed by atoms with Gasteiger partial charge in [-0.05, 0) is 33.4 Å². The lowest BCUT2D eigenvalue weighted by atomic mass is 10.0. The molecule has 0 aromatic carbocycles. The van der Waals surface area contributed by atoms with Gasteiger partial charge in [0.2, 0.25) is 5.91 Å². The largest absolute Gasteiger partial charge is 0.318 e. The molecule has 1 fully saturated rings. The van der Waals surface area contributed by atoms with Crippen LogP contribution in [0.3, 0.4) is 0 Å². The van der Waals surface area contributed by atoms with Gasteiger partial charge in [0.05, 0.1) is 5.69 Å². The number of piperidine rings is 1. The van der Waals surface area contributed by atoms with Gasteiger partial charge in [-0.2, -0.15) is 0 Å². The summed E-state index contributed by atoms with van der Waals surface area (Å²) in [4.78, 5) is 20.5. The third-order valence-electron chi connectivity index (χ3n) is 4.02. The smallest absolute Gasteiger partial charge is 0.225 e. The van der Waals surface area contributed by atoms with Crippen molar-refractivity contribution in [3.05, 3.63) is 11.1 Å². The van der Waals surface area contributed by atoms with Crippen molar-refractivity contribution >= 4 is 22.4 Å². The van der Waals surface area contributed by atoms with Crippen LogP contribution in [0.1, 0.15) is 38.8 Å². The Labute approximate surface area is 131 Å². The predicted octanol–water partition coefficient (Wildman–Crippen LogP) is 2.09. The van der Waals surface area contributed by atoms with Crippen LogP contribution < -0.4 is 10.2 Å². The normalized spacial score (nSPS) is 19.7. The highest BCUT2D eigenvalue weighted by molar-refractivity contribution is 7.14. The molecule has 1 aromatic heterocycles. The fourth-order valence-electron chi connectivity index (χ4n) is 2.93. The minimum Gasteiger partial charge on any atom is -0.318 e. The van der Waals surface area contributed by atoms with Gasteiger partial charge in [0.15, 0.2) is 5.13 Å². The van der Waals surface area contributed by atoms with Gasteiger partial charge >= 0.3 is 0 Å². The zero-order valence-corrected chi connectivity index (χ0v) is 14.1. The number of rotatable bonds is 6. The molecule has 6 heteroatoms. The number of aromatic nitrogens is 1. The molecular formula is C15H26N4OS. The van der Waals surface area contributed by atoms with E-state index in [4.69, 9.17) is 0 Å². The highest BCUT2D eigenvalue weighted by Gasteiger charge is 2.23. The molecule has 1 aliphatic rings. The number of hydrogen-bond acceptors (Lipinski definition) is 5. The third-order valence-corrected chi connectivity index (χ3v) is 4.93. The zero-order chi connectivity index (χ0) is 15.2. The van der Waals surface area contributed by atoms with E-state index in [1.807, 2.05) is 14.0 Å². The van der Waals surface area contributed by atoms with Crippen LogP contribution in [-0.4, -0.2) is 48.5 Å². The van der Waals surface area contributed by atoms with Crippen molar-refractivity contribution in [2.24, 2.45) is 0 Å². The summed E-state index contributed by atoms with van der Waals surface area (Å²) in [6.07, 6.45) is 3.84. The SMILES string of the molecule is CCN(C(C)=O)c1nc(CN2CCCCC2CNC)cs1. The van der Waals surface area contributed by atoms with Crippen molar-refractivity contribution in [1.82, 2.24) is 15.2 Å². The second kappa shape index (κ2) is 7.87. The summed E-state index contributed by atoms with van der Waals surface area (Å²) in [7, 11) is 2.01. The van der Waals surface area contributed by atoms with Gasteiger partial charge in [0, 0.05) is 38.0 Å². The molecular weight excluding hydrogens is 284 g/mol. The number of likely N-dealkylation sites (tertiary alicyclic amines) is 1. The van der Waals surface area contributed by atoms with E-state index >= 15 is 0 Å². The molecule has 0 bridgehead atoms. The fraction of sp³-hybridized carbons (Fsp3) is 0.733. The Balaban J connectivity index is 2.02. The molecule has 0 saturated carbocycles. The van der Waals surface area contributed by atoms with Crippen molar-refractivity contribution in [1.29, 1.82) is 0 Å². The maximum absolute atomic E-state index is 11.6. The summed E-state index contributed by atoms with van der Waals surface area (Å²) in [5.41, 5.74) is 1.08. The topological polar surface area (TPSA) is 48.5 Å². The number of amides is 1. The number of likely N-dealkylation sites (N-methyl/N-ethyl adjacent to an activating group) is 1. The van der Waals surface area contributed by atoms with E-state index in [0.29, 0.717) is 12.6 Å². The fourth-order valence-corrected chi connectivity index (χ4v) is 3.85. The summed E-state index contributed by atoms with van der Waals surface area (Å²) < 4.78 is 0. The maximum Gasteiger partial charge on any atom is 0.225 e. The Morgan fingerprint density at radius 2 is 2.38 bits per heavy atom. The van der Waals surface area contributed by atoms with Crippen molar-refractivity contribution in [3.63, 3.8) is 0 Å². The van der Waals surface area contributed by atoms with Crippen LogP contribution in [0.15, 0.2) is 5.38 Å². The van der Waals surface area contributed by atoms with E-state index in [1.165, 1.54) is 19.3 Å². The van der Waals surface area contributed by atoms with Gasteiger partial charge in [0.25, 0.3) is 0 Å². The van der Waals surface area contributed by atoms with E-state index in [2.05, 4.69) is 20.6 Å². The summed E-state index contributed by atoms with van der Waals surface area (Å²) in [6, 6.07) is 0.601. The number of carbonyl (C=O) groups excluding carboxylic acids is 1. The standard InChI is InChI=1S/C15H26N4OS/c1-4-19(12(2)20)15-17-13(11-21-15)10-18-8-6-5-7-14(18)9-16-3/h11,14,16H,4-10H2,1-3H3. The van der Waals surface area contributed by atoms with E-state index in [0.717, 1.165) is 30.5 Å². The van der Waals surface area contributed by atoms with Crippen LogP contribution in [0.2, 0.25) is 0 Å². The Morgan fingerprint density at radius 1 is 1.57 bits per heavy atom. The van der Waals surface area contributed by atoms with E-state index < -0.39 is 0 Å². The van der Waals surface area contributed by atoms with Crippen molar-refractivity contribution < 1.29 is 4.79 Å². The van der Waals surface area contributed by atoms with Crippen LogP contribution in [0, 0.1) is 0 Å². The molecule has 0 aliphatic carbocycles. The molecule has 1 N–H and O–H groups in total. The monoisotopic (exact) mass is 310 g/mol. The number of nitrogens with zero attached hydrogens (tertiary/aromatic N) is 3. The second-order valence-electron chi connectivity index (χ2n) is 5.56. The first-order valence-corrected chi connectivity index (χ1v) is 8.64. The molecule has 1 atom stereocenters. The first-order valence-electron chi connectivity index (χ1n) is 7.76. The van der Waals surface area contributed by atoms with Crippen molar-refractivity contribution in [3.8, 4) is 0 Å². The van der Waals surface area contributed by atoms with Gasteiger partial charge in [-0.3, -0.25) is 14.6 Å². The maximum atomic E-state index is 11.6. The average molecular weight is 310 g/mol. The molecule has 118 valence electrons. The van der Waals surface area contributed by atoms with Gasteiger partial charge in [-0.25, -0.2) is 4.98 Å². The van der Waals surface area contributed by atoms with Gasteiger partial charge in [-0.15, -0.1) is 11.3 Å². The van der Waals surface area contributed by atoms with Gasteiger partial charge in [-0.1, -0.05) is 6.42 Å².